The Hall–Kier alpha value is -6.55. The van der Waals surface area contributed by atoms with Gasteiger partial charge in [0.15, 0.2) is 0 Å². The smallest absolute Gasteiger partial charge is 0.0540 e. The van der Waals surface area contributed by atoms with Crippen LogP contribution in [0.15, 0.2) is 194 Å². The second-order valence-electron chi connectivity index (χ2n) is 13.2. The van der Waals surface area contributed by atoms with Gasteiger partial charge in [-0.2, -0.15) is 0 Å². The van der Waals surface area contributed by atoms with E-state index in [1.807, 2.05) is 12.4 Å². The highest BCUT2D eigenvalue weighted by Gasteiger charge is 2.18. The summed E-state index contributed by atoms with van der Waals surface area (Å²) in [6.45, 7) is 0. The summed E-state index contributed by atoms with van der Waals surface area (Å²) in [5, 5.41) is 7.63. The lowest BCUT2D eigenvalue weighted by molar-refractivity contribution is 1.28. The molecule has 244 valence electrons. The number of rotatable bonds is 6. The van der Waals surface area contributed by atoms with Crippen LogP contribution < -0.4 is 4.90 Å². The zero-order valence-electron chi connectivity index (χ0n) is 28.3. The summed E-state index contributed by atoms with van der Waals surface area (Å²) in [6.07, 6.45) is 3.84. The minimum atomic E-state index is 1.10. The first kappa shape index (κ1) is 30.3. The zero-order chi connectivity index (χ0) is 34.4. The van der Waals surface area contributed by atoms with Crippen LogP contribution in [0.2, 0.25) is 0 Å². The number of hydrogen-bond acceptors (Lipinski definition) is 3. The molecule has 10 rings (SSSR count). The van der Waals surface area contributed by atoms with E-state index in [-0.39, 0.29) is 0 Å². The molecule has 0 atom stereocenters. The monoisotopic (exact) mass is 680 g/mol. The molecule has 2 heterocycles. The van der Waals surface area contributed by atoms with Crippen LogP contribution in [0, 0.1) is 0 Å². The average molecular weight is 681 g/mol. The van der Waals surface area contributed by atoms with E-state index < -0.39 is 0 Å². The maximum atomic E-state index is 4.34. The number of anilines is 3. The van der Waals surface area contributed by atoms with Crippen molar-refractivity contribution in [2.45, 2.75) is 0 Å². The predicted octanol–water partition coefficient (Wildman–Crippen LogP) is 14.2. The van der Waals surface area contributed by atoms with Gasteiger partial charge in [-0.3, -0.25) is 4.98 Å². The van der Waals surface area contributed by atoms with Gasteiger partial charge >= 0.3 is 0 Å². The molecule has 0 bridgehead atoms. The minimum Gasteiger partial charge on any atom is -0.310 e. The van der Waals surface area contributed by atoms with Crippen molar-refractivity contribution in [3.8, 4) is 33.4 Å². The van der Waals surface area contributed by atoms with E-state index in [1.165, 1.54) is 75.1 Å². The van der Waals surface area contributed by atoms with Crippen molar-refractivity contribution in [1.82, 2.24) is 4.98 Å². The van der Waals surface area contributed by atoms with Crippen molar-refractivity contribution in [3.63, 3.8) is 0 Å². The standard InChI is InChI=1S/C49H32N2S/c1-2-10-34(11-3-1)41-14-8-9-17-47(41)51(38-23-18-33(19-24-38)36-22-27-44-45-28-29-50-32-49(45)52-48(44)31-36)39-25-20-35(21-26-39)46-30-37-12-4-5-13-40(37)42-15-6-7-16-43(42)46/h1-32H. The maximum absolute atomic E-state index is 4.34. The first-order valence-corrected chi connectivity index (χ1v) is 18.4. The highest BCUT2D eigenvalue weighted by Crippen LogP contribution is 2.43. The second-order valence-corrected chi connectivity index (χ2v) is 14.3. The zero-order valence-corrected chi connectivity index (χ0v) is 29.1. The third kappa shape index (κ3) is 5.22. The first-order valence-electron chi connectivity index (χ1n) is 17.6. The molecule has 0 unspecified atom stereocenters. The fourth-order valence-corrected chi connectivity index (χ4v) is 8.77. The Kier molecular flexibility index (Phi) is 7.37. The van der Waals surface area contributed by atoms with Crippen LogP contribution in [0.25, 0.3) is 75.1 Å². The topological polar surface area (TPSA) is 16.1 Å². The van der Waals surface area contributed by atoms with Gasteiger partial charge in [0.05, 0.1) is 10.4 Å². The number of hydrogen-bond donors (Lipinski definition) is 0. The van der Waals surface area contributed by atoms with Crippen molar-refractivity contribution >= 4 is 70.1 Å². The van der Waals surface area contributed by atoms with Crippen molar-refractivity contribution < 1.29 is 0 Å². The van der Waals surface area contributed by atoms with Gasteiger partial charge in [0.25, 0.3) is 0 Å². The van der Waals surface area contributed by atoms with Crippen LogP contribution in [0.5, 0.6) is 0 Å². The van der Waals surface area contributed by atoms with Gasteiger partial charge < -0.3 is 4.90 Å². The van der Waals surface area contributed by atoms with E-state index in [0.717, 1.165) is 17.1 Å². The largest absolute Gasteiger partial charge is 0.310 e. The molecule has 10 aromatic rings. The number of aromatic nitrogens is 1. The van der Waals surface area contributed by atoms with E-state index in [0.29, 0.717) is 0 Å². The molecular formula is C49H32N2S. The van der Waals surface area contributed by atoms with Crippen LogP contribution in [0.1, 0.15) is 0 Å². The molecule has 3 heteroatoms. The molecule has 8 aromatic carbocycles. The Bertz CT molecular complexity index is 2890. The van der Waals surface area contributed by atoms with Crippen LogP contribution in [-0.4, -0.2) is 4.98 Å². The number of para-hydroxylation sites is 1. The number of pyridine rings is 1. The van der Waals surface area contributed by atoms with Gasteiger partial charge in [-0.25, -0.2) is 0 Å². The highest BCUT2D eigenvalue weighted by molar-refractivity contribution is 7.25. The lowest BCUT2D eigenvalue weighted by atomic mass is 9.93. The van der Waals surface area contributed by atoms with Gasteiger partial charge in [-0.1, -0.05) is 133 Å². The quantitative estimate of drug-likeness (QED) is 0.163. The SMILES string of the molecule is c1ccc(-c2ccccc2N(c2ccc(-c3ccc4c(c3)sc3cnccc34)cc2)c2ccc(-c3cc4ccccc4c4ccccc34)cc2)cc1. The van der Waals surface area contributed by atoms with Crippen molar-refractivity contribution in [1.29, 1.82) is 0 Å². The third-order valence-corrected chi connectivity index (χ3v) is 11.3. The summed E-state index contributed by atoms with van der Waals surface area (Å²) in [6, 6.07) is 66.1. The molecule has 0 aliphatic carbocycles. The third-order valence-electron chi connectivity index (χ3n) is 10.2. The molecular weight excluding hydrogens is 649 g/mol. The molecule has 0 fully saturated rings. The van der Waals surface area contributed by atoms with Crippen molar-refractivity contribution in [3.05, 3.63) is 194 Å². The lowest BCUT2D eigenvalue weighted by Crippen LogP contribution is -2.11. The molecule has 0 amide bonds. The van der Waals surface area contributed by atoms with E-state index in [4.69, 9.17) is 0 Å². The van der Waals surface area contributed by atoms with Gasteiger partial charge in [0.1, 0.15) is 0 Å². The first-order chi connectivity index (χ1) is 25.8. The highest BCUT2D eigenvalue weighted by atomic mass is 32.1. The molecule has 2 aromatic heterocycles. The molecule has 0 spiro atoms. The Morgan fingerprint density at radius 2 is 1.00 bits per heavy atom. The lowest BCUT2D eigenvalue weighted by Gasteiger charge is -2.28. The summed E-state index contributed by atoms with van der Waals surface area (Å²) < 4.78 is 2.50. The van der Waals surface area contributed by atoms with Crippen LogP contribution >= 0.6 is 11.3 Å². The van der Waals surface area contributed by atoms with Gasteiger partial charge in [-0.15, -0.1) is 11.3 Å². The fraction of sp³-hybridized carbons (Fsp3) is 0. The molecule has 0 aliphatic heterocycles. The van der Waals surface area contributed by atoms with Crippen LogP contribution in [0.4, 0.5) is 17.1 Å². The van der Waals surface area contributed by atoms with Crippen LogP contribution in [-0.2, 0) is 0 Å². The van der Waals surface area contributed by atoms with E-state index in [9.17, 15) is 0 Å². The molecule has 52 heavy (non-hydrogen) atoms. The molecule has 0 saturated heterocycles. The van der Waals surface area contributed by atoms with E-state index in [2.05, 4.69) is 192 Å². The van der Waals surface area contributed by atoms with Gasteiger partial charge in [0.2, 0.25) is 0 Å². The predicted molar refractivity (Wildman–Crippen MR) is 223 cm³/mol. The van der Waals surface area contributed by atoms with Crippen molar-refractivity contribution in [2.24, 2.45) is 0 Å². The molecule has 0 saturated carbocycles. The second kappa shape index (κ2) is 12.6. The van der Waals surface area contributed by atoms with Gasteiger partial charge in [-0.05, 0) is 97.9 Å². The van der Waals surface area contributed by atoms with E-state index in [1.54, 1.807) is 11.3 Å². The molecule has 0 aliphatic rings. The Morgan fingerprint density at radius 1 is 0.385 bits per heavy atom. The molecule has 2 nitrogen and oxygen atoms in total. The average Bonchev–Trinajstić information content (AvgIpc) is 3.60. The maximum Gasteiger partial charge on any atom is 0.0540 e. The minimum absolute atomic E-state index is 1.10. The summed E-state index contributed by atoms with van der Waals surface area (Å²) in [4.78, 5) is 6.72. The fourth-order valence-electron chi connectivity index (χ4n) is 7.65. The molecule has 0 N–H and O–H groups in total. The number of nitrogens with zero attached hydrogens (tertiary/aromatic N) is 2. The summed E-state index contributed by atoms with van der Waals surface area (Å²) in [5.74, 6) is 0. The number of fused-ring (bicyclic) bond motifs is 6. The van der Waals surface area contributed by atoms with Gasteiger partial charge in [0, 0.05) is 44.8 Å². The van der Waals surface area contributed by atoms with Crippen LogP contribution in [0.3, 0.4) is 0 Å². The Morgan fingerprint density at radius 3 is 1.81 bits per heavy atom. The number of benzene rings is 8. The summed E-state index contributed by atoms with van der Waals surface area (Å²) in [7, 11) is 0. The Balaban J connectivity index is 1.08. The Labute approximate surface area is 306 Å². The number of thiophene rings is 1. The van der Waals surface area contributed by atoms with E-state index >= 15 is 0 Å². The summed E-state index contributed by atoms with van der Waals surface area (Å²) in [5.41, 5.74) is 10.5. The normalized spacial score (nSPS) is 11.5. The molecule has 0 radical (unpaired) electrons. The summed E-state index contributed by atoms with van der Waals surface area (Å²) >= 11 is 1.80. The van der Waals surface area contributed by atoms with Crippen molar-refractivity contribution in [2.75, 3.05) is 4.90 Å².